The lowest BCUT2D eigenvalue weighted by Crippen LogP contribution is -2.56. The average molecular weight is 438 g/mol. The first-order valence-electron chi connectivity index (χ1n) is 8.19. The Hall–Kier alpha value is -1.85. The number of hydrogen-bond donors (Lipinski definition) is 1. The molecule has 6 heteroatoms. The maximum absolute atomic E-state index is 13.0. The van der Waals surface area contributed by atoms with Gasteiger partial charge in [-0.05, 0) is 76.1 Å². The zero-order valence-electron chi connectivity index (χ0n) is 15.5. The molecule has 0 aromatic heterocycles. The molecule has 1 N–H and O–H groups in total. The Morgan fingerprint density at radius 1 is 1.12 bits per heavy atom. The molecule has 0 bridgehead atoms. The maximum Gasteiger partial charge on any atom is 0.272 e. The fraction of sp³-hybridized carbons (Fsp3) is 0.300. The average Bonchev–Trinajstić information content (AvgIpc) is 2.55. The van der Waals surface area contributed by atoms with E-state index >= 15 is 0 Å². The smallest absolute Gasteiger partial charge is 0.267 e. The van der Waals surface area contributed by atoms with Crippen LogP contribution in [0.4, 0.5) is 0 Å². The third kappa shape index (κ3) is 4.46. The fourth-order valence-electron chi connectivity index (χ4n) is 2.45. The number of carbonyl (C=O) groups is 2. The minimum atomic E-state index is -0.611. The van der Waals surface area contributed by atoms with Gasteiger partial charge in [0.25, 0.3) is 11.8 Å². The first kappa shape index (κ1) is 20.5. The van der Waals surface area contributed by atoms with Gasteiger partial charge in [0.05, 0.1) is 5.54 Å². The van der Waals surface area contributed by atoms with Crippen molar-refractivity contribution in [2.75, 3.05) is 0 Å². The summed E-state index contributed by atoms with van der Waals surface area (Å²) in [4.78, 5) is 25.8. The first-order valence-corrected chi connectivity index (χ1v) is 9.36. The summed E-state index contributed by atoms with van der Waals surface area (Å²) in [6.45, 7) is 9.28. The topological polar surface area (TPSA) is 49.4 Å². The predicted octanol–water partition coefficient (Wildman–Crippen LogP) is 5.31. The fourth-order valence-corrected chi connectivity index (χ4v) is 2.87. The quantitative estimate of drug-likeness (QED) is 0.648. The van der Waals surface area contributed by atoms with Gasteiger partial charge in [-0.1, -0.05) is 33.6 Å². The van der Waals surface area contributed by atoms with E-state index in [1.54, 1.807) is 37.3 Å². The third-order valence-electron chi connectivity index (χ3n) is 4.00. The number of hydrazine groups is 1. The molecule has 2 aromatic rings. The van der Waals surface area contributed by atoms with E-state index in [-0.39, 0.29) is 11.8 Å². The van der Waals surface area contributed by atoms with E-state index in [0.29, 0.717) is 21.7 Å². The van der Waals surface area contributed by atoms with Crippen LogP contribution in [0, 0.1) is 13.8 Å². The number of nitrogens with one attached hydrogen (secondary N) is 1. The molecular formula is C20H22BrClN2O2. The van der Waals surface area contributed by atoms with Crippen molar-refractivity contribution in [2.24, 2.45) is 0 Å². The van der Waals surface area contributed by atoms with Crippen LogP contribution in [0.15, 0.2) is 40.9 Å². The lowest BCUT2D eigenvalue weighted by molar-refractivity contribution is 0.0358. The highest BCUT2D eigenvalue weighted by atomic mass is 79.9. The molecule has 0 fully saturated rings. The number of aryl methyl sites for hydroxylation is 1. The van der Waals surface area contributed by atoms with Gasteiger partial charge in [0.1, 0.15) is 0 Å². The van der Waals surface area contributed by atoms with Crippen molar-refractivity contribution in [3.63, 3.8) is 0 Å². The van der Waals surface area contributed by atoms with E-state index in [1.807, 2.05) is 33.8 Å². The Kier molecular flexibility index (Phi) is 6.14. The molecule has 26 heavy (non-hydrogen) atoms. The van der Waals surface area contributed by atoms with Crippen molar-refractivity contribution < 1.29 is 9.59 Å². The van der Waals surface area contributed by atoms with Gasteiger partial charge in [-0.15, -0.1) is 0 Å². The monoisotopic (exact) mass is 436 g/mol. The lowest BCUT2D eigenvalue weighted by atomic mass is 10.0. The summed E-state index contributed by atoms with van der Waals surface area (Å²) >= 11 is 9.54. The van der Waals surface area contributed by atoms with Crippen LogP contribution in [0.3, 0.4) is 0 Å². The Bertz CT molecular complexity index is 859. The zero-order valence-corrected chi connectivity index (χ0v) is 17.8. The van der Waals surface area contributed by atoms with Crippen LogP contribution in [0.2, 0.25) is 5.02 Å². The van der Waals surface area contributed by atoms with Crippen molar-refractivity contribution >= 4 is 39.3 Å². The second-order valence-corrected chi connectivity index (χ2v) is 8.39. The van der Waals surface area contributed by atoms with Gasteiger partial charge in [-0.3, -0.25) is 15.0 Å². The van der Waals surface area contributed by atoms with Gasteiger partial charge in [0, 0.05) is 20.6 Å². The number of amides is 2. The number of carbonyl (C=O) groups excluding carboxylic acids is 2. The number of halogens is 2. The van der Waals surface area contributed by atoms with Gasteiger partial charge in [-0.25, -0.2) is 5.01 Å². The highest BCUT2D eigenvalue weighted by molar-refractivity contribution is 9.10. The van der Waals surface area contributed by atoms with Crippen molar-refractivity contribution in [1.29, 1.82) is 0 Å². The van der Waals surface area contributed by atoms with Gasteiger partial charge in [0.2, 0.25) is 0 Å². The highest BCUT2D eigenvalue weighted by Gasteiger charge is 2.30. The minimum absolute atomic E-state index is 0.277. The lowest BCUT2D eigenvalue weighted by Gasteiger charge is -2.35. The van der Waals surface area contributed by atoms with Crippen LogP contribution in [0.5, 0.6) is 0 Å². The molecule has 0 saturated heterocycles. The van der Waals surface area contributed by atoms with E-state index in [4.69, 9.17) is 11.6 Å². The van der Waals surface area contributed by atoms with Crippen LogP contribution < -0.4 is 5.43 Å². The molecule has 0 saturated carbocycles. The van der Waals surface area contributed by atoms with E-state index in [1.165, 1.54) is 5.01 Å². The van der Waals surface area contributed by atoms with E-state index in [0.717, 1.165) is 10.0 Å². The van der Waals surface area contributed by atoms with Crippen LogP contribution in [-0.2, 0) is 0 Å². The number of benzene rings is 2. The molecule has 0 atom stereocenters. The largest absolute Gasteiger partial charge is 0.272 e. The molecule has 0 aliphatic heterocycles. The van der Waals surface area contributed by atoms with E-state index in [9.17, 15) is 9.59 Å². The molecule has 2 rings (SSSR count). The van der Waals surface area contributed by atoms with Crippen molar-refractivity contribution in [1.82, 2.24) is 10.4 Å². The van der Waals surface area contributed by atoms with E-state index < -0.39 is 5.54 Å². The Morgan fingerprint density at radius 3 is 2.35 bits per heavy atom. The Morgan fingerprint density at radius 2 is 1.77 bits per heavy atom. The standard InChI is InChI=1S/C20H22BrClN2O2/c1-12-11-14(9-10-16(12)21)19(26)24(20(3,4)5)23-18(25)15-7-6-8-17(22)13(15)2/h6-11H,1-5H3,(H,23,25). The van der Waals surface area contributed by atoms with Gasteiger partial charge in [-0.2, -0.15) is 0 Å². The summed E-state index contributed by atoms with van der Waals surface area (Å²) in [5.41, 5.74) is 4.70. The Balaban J connectivity index is 2.36. The number of nitrogens with zero attached hydrogens (tertiary/aromatic N) is 1. The molecule has 2 amide bonds. The van der Waals surface area contributed by atoms with Crippen molar-refractivity contribution in [2.45, 2.75) is 40.2 Å². The second kappa shape index (κ2) is 7.80. The number of rotatable bonds is 2. The molecule has 138 valence electrons. The van der Waals surface area contributed by atoms with Gasteiger partial charge in [0.15, 0.2) is 0 Å². The summed E-state index contributed by atoms with van der Waals surface area (Å²) in [5.74, 6) is -0.650. The molecule has 4 nitrogen and oxygen atoms in total. The molecule has 0 aliphatic carbocycles. The highest BCUT2D eigenvalue weighted by Crippen LogP contribution is 2.22. The molecule has 0 radical (unpaired) electrons. The third-order valence-corrected chi connectivity index (χ3v) is 5.30. The second-order valence-electron chi connectivity index (χ2n) is 7.13. The maximum atomic E-state index is 13.0. The SMILES string of the molecule is Cc1cc(C(=O)N(NC(=O)c2cccc(Cl)c2C)C(C)(C)C)ccc1Br. The van der Waals surface area contributed by atoms with E-state index in [2.05, 4.69) is 21.4 Å². The summed E-state index contributed by atoms with van der Waals surface area (Å²) in [5, 5.41) is 1.87. The summed E-state index contributed by atoms with van der Waals surface area (Å²) in [7, 11) is 0. The van der Waals surface area contributed by atoms with Crippen molar-refractivity contribution in [3.05, 3.63) is 68.1 Å². The Labute approximate surface area is 167 Å². The van der Waals surface area contributed by atoms with Crippen LogP contribution in [-0.4, -0.2) is 22.4 Å². The van der Waals surface area contributed by atoms with Crippen molar-refractivity contribution in [3.8, 4) is 0 Å². The molecular weight excluding hydrogens is 416 g/mol. The molecule has 0 aliphatic rings. The number of hydrogen-bond acceptors (Lipinski definition) is 2. The van der Waals surface area contributed by atoms with Gasteiger partial charge >= 0.3 is 0 Å². The predicted molar refractivity (Wildman–Crippen MR) is 108 cm³/mol. The van der Waals surface area contributed by atoms with Crippen LogP contribution in [0.1, 0.15) is 52.6 Å². The molecule has 0 spiro atoms. The summed E-state index contributed by atoms with van der Waals surface area (Å²) < 4.78 is 0.926. The normalized spacial score (nSPS) is 11.2. The molecule has 2 aromatic carbocycles. The van der Waals surface area contributed by atoms with Crippen LogP contribution in [0.25, 0.3) is 0 Å². The summed E-state index contributed by atoms with van der Waals surface area (Å²) in [6.07, 6.45) is 0. The zero-order chi connectivity index (χ0) is 19.6. The van der Waals surface area contributed by atoms with Crippen LogP contribution >= 0.6 is 27.5 Å². The van der Waals surface area contributed by atoms with Gasteiger partial charge < -0.3 is 0 Å². The molecule has 0 unspecified atom stereocenters. The first-order chi connectivity index (χ1) is 12.0. The molecule has 0 heterocycles. The summed E-state index contributed by atoms with van der Waals surface area (Å²) in [6, 6.07) is 10.5. The minimum Gasteiger partial charge on any atom is -0.267 e.